The molecule has 44 heteroatoms. The van der Waals surface area contributed by atoms with Gasteiger partial charge in [-0.3, -0.25) is 37.3 Å². The average Bonchev–Trinajstić information content (AvgIpc) is 1.59. The van der Waals surface area contributed by atoms with Gasteiger partial charge in [-0.05, 0) is 123 Å². The fourth-order valence-electron chi connectivity index (χ4n) is 9.30. The number of rotatable bonds is 31. The van der Waals surface area contributed by atoms with E-state index in [1.165, 1.54) is 73.0 Å². The second-order valence-electron chi connectivity index (χ2n) is 21.5. The Kier molecular flexibility index (Phi) is 23.7. The average molecular weight is 1530 g/mol. The minimum atomic E-state index is -5.06. The van der Waals surface area contributed by atoms with Gasteiger partial charge in [0.05, 0.1) is 81.1 Å². The molecule has 0 atom stereocenters. The van der Waals surface area contributed by atoms with Crippen molar-refractivity contribution in [3.63, 3.8) is 0 Å². The highest BCUT2D eigenvalue weighted by molar-refractivity contribution is 7.99. The van der Waals surface area contributed by atoms with Gasteiger partial charge in [-0.2, -0.15) is 62.6 Å². The van der Waals surface area contributed by atoms with Gasteiger partial charge in [-0.25, -0.2) is 15.0 Å². The third-order valence-electron chi connectivity index (χ3n) is 14.1. The molecule has 534 valence electrons. The van der Waals surface area contributed by atoms with Gasteiger partial charge in [-0.1, -0.05) is 12.1 Å². The third-order valence-corrected chi connectivity index (χ3v) is 20.6. The summed E-state index contributed by atoms with van der Waals surface area (Å²) in [5.41, 5.74) is 0.347. The van der Waals surface area contributed by atoms with Gasteiger partial charge in [-0.15, -0.1) is 54.2 Å². The van der Waals surface area contributed by atoms with Crippen LogP contribution in [-0.4, -0.2) is 142 Å². The molecule has 0 fully saturated rings. The molecule has 102 heavy (non-hydrogen) atoms. The molecule has 3 heterocycles. The number of hydrogen-bond donors (Lipinski definition) is 8. The number of aromatic hydroxyl groups is 1. The number of anilines is 4. The number of aromatic nitrogens is 5. The lowest BCUT2D eigenvalue weighted by atomic mass is 10.1. The van der Waals surface area contributed by atoms with E-state index in [1.807, 2.05) is 0 Å². The molecule has 0 saturated heterocycles. The largest absolute Gasteiger partial charge is 0.497 e. The molecule has 8 N–H and O–H groups in total. The smallest absolute Gasteiger partial charge is 0.297 e. The maximum atomic E-state index is 12.3. The Balaban J connectivity index is 1.17. The van der Waals surface area contributed by atoms with Crippen molar-refractivity contribution in [2.45, 2.75) is 59.6 Å². The van der Waals surface area contributed by atoms with Crippen LogP contribution in [0.2, 0.25) is 0 Å². The lowest BCUT2D eigenvalue weighted by molar-refractivity contribution is -0.385. The van der Waals surface area contributed by atoms with E-state index in [1.54, 1.807) is 32.0 Å². The number of nitrogens with zero attached hydrogens (tertiary/aromatic N) is 15. The Bertz CT molecular complexity index is 5590. The monoisotopic (exact) mass is 1530 g/mol. The van der Waals surface area contributed by atoms with Gasteiger partial charge in [0.15, 0.2) is 11.3 Å². The summed E-state index contributed by atoms with van der Waals surface area (Å²) in [5, 5.41) is 74.8. The van der Waals surface area contributed by atoms with Crippen molar-refractivity contribution >= 4 is 165 Å². The van der Waals surface area contributed by atoms with E-state index in [2.05, 4.69) is 77.6 Å². The highest BCUT2D eigenvalue weighted by atomic mass is 32.2. The van der Waals surface area contributed by atoms with Gasteiger partial charge < -0.3 is 25.2 Å². The Labute approximate surface area is 588 Å². The number of thioether (sulfide) groups is 2. The van der Waals surface area contributed by atoms with E-state index in [4.69, 9.17) is 9.47 Å². The Hall–Kier alpha value is -10.2. The number of nitrogens with one attached hydrogen (secondary N) is 2. The molecule has 6 aromatic carbocycles. The molecule has 0 aliphatic heterocycles. The van der Waals surface area contributed by atoms with Crippen LogP contribution in [0.4, 0.5) is 74.5 Å². The second kappa shape index (κ2) is 31.8. The number of benzene rings is 6. The Morgan fingerprint density at radius 2 is 1.14 bits per heavy atom. The molecule has 0 bridgehead atoms. The van der Waals surface area contributed by atoms with Gasteiger partial charge in [0.2, 0.25) is 17.8 Å². The van der Waals surface area contributed by atoms with Crippen LogP contribution in [0.1, 0.15) is 41.5 Å². The summed E-state index contributed by atoms with van der Waals surface area (Å²) in [6.45, 7) is 4.29. The molecular formula is C58H55N17O20S7. The van der Waals surface area contributed by atoms with Gasteiger partial charge in [0.25, 0.3) is 56.3 Å². The number of non-ortho nitro benzene ring substituents is 1. The fraction of sp³-hybridized carbons (Fsp3) is 0.224. The quantitative estimate of drug-likeness (QED) is 0.00499. The molecule has 0 spiro atoms. The first-order chi connectivity index (χ1) is 48.1. The van der Waals surface area contributed by atoms with Crippen molar-refractivity contribution in [2.75, 3.05) is 53.1 Å². The molecule has 0 radical (unpaired) electrons. The van der Waals surface area contributed by atoms with E-state index in [9.17, 15) is 85.3 Å². The first kappa shape index (κ1) is 76.0. The minimum absolute atomic E-state index is 0.00389. The summed E-state index contributed by atoms with van der Waals surface area (Å²) in [4.78, 5) is 27.0. The first-order valence-corrected chi connectivity index (χ1v) is 38.8. The number of nitriles is 1. The maximum absolute atomic E-state index is 12.3. The maximum Gasteiger partial charge on any atom is 0.297 e. The van der Waals surface area contributed by atoms with Crippen LogP contribution in [0.5, 0.6) is 17.4 Å². The zero-order valence-corrected chi connectivity index (χ0v) is 58.9. The van der Waals surface area contributed by atoms with Crippen LogP contribution in [0.3, 0.4) is 0 Å². The Morgan fingerprint density at radius 1 is 0.598 bits per heavy atom. The van der Waals surface area contributed by atoms with E-state index in [0.29, 0.717) is 38.9 Å². The predicted molar refractivity (Wildman–Crippen MR) is 371 cm³/mol. The summed E-state index contributed by atoms with van der Waals surface area (Å²) < 4.78 is 181. The van der Waals surface area contributed by atoms with Crippen LogP contribution in [0.15, 0.2) is 164 Å². The molecule has 9 rings (SSSR count). The van der Waals surface area contributed by atoms with Crippen LogP contribution < -0.4 is 20.1 Å². The molecule has 0 aliphatic carbocycles. The van der Waals surface area contributed by atoms with E-state index < -0.39 is 106 Å². The number of hydrogen-bond acceptors (Lipinski definition) is 32. The lowest BCUT2D eigenvalue weighted by Crippen LogP contribution is -2.08. The number of methoxy groups -OCH3 is 1. The van der Waals surface area contributed by atoms with Crippen molar-refractivity contribution in [3.8, 4) is 23.4 Å². The number of azo groups is 4. The number of ether oxygens (including phenoxy) is 2. The normalized spacial score (nSPS) is 12.5. The van der Waals surface area contributed by atoms with Gasteiger partial charge in [0.1, 0.15) is 56.3 Å². The minimum Gasteiger partial charge on any atom is -0.497 e. The lowest BCUT2D eigenvalue weighted by Gasteiger charge is -2.14. The fourth-order valence-corrected chi connectivity index (χ4v) is 14.4. The zero-order valence-electron chi connectivity index (χ0n) is 53.1. The Morgan fingerprint density at radius 3 is 1.70 bits per heavy atom. The zero-order chi connectivity index (χ0) is 74.1. The topological polar surface area (TPSA) is 556 Å². The van der Waals surface area contributed by atoms with Crippen molar-refractivity contribution in [2.24, 2.45) is 40.9 Å². The number of nitro benzene ring substituents is 1. The third kappa shape index (κ3) is 19.9. The highest BCUT2D eigenvalue weighted by Crippen LogP contribution is 2.46. The summed E-state index contributed by atoms with van der Waals surface area (Å²) in [5.74, 6) is -2.65. The number of aryl methyl sites for hydroxylation is 2. The number of nitro groups is 1. The SMILES string of the molecule is COc1ccc2c(c1)nc1c(C#N)c(C)c(N=Nc3cc(Nc4ncnc(Nc5ccccc5S(=O)(=O)O)n4)c(N=Nc4cc(C)c(N=Nc5cc(C)c(N=Nc6ccc([N+](=O)[O-])cc6S(=O)(=O)O)cc5SCCCS(=O)(=O)O)cc4SCCCS(=O)(=O)O)cc3OCCCS(=O)(=O)O)c(O)n12. The molecule has 0 unspecified atom stereocenters. The standard InChI is InChI=1S/C58H55N17O20S7/c1-32-22-46(50(96-17-8-20-99(82,83)84)28-40(32)67-66-39-14-12-35(75(77)78)24-53(39)102(91,92)93)71-68-41-29-51(97-18-9-21-100(85,86)87)47(23-33(41)2)72-69-43-27-49(95-16-7-19-98(79,80)81)45(26-42(43)64-58-61-31-60-57(65-58)63-38-10-5-6-11-52(38)101(88,89)90)70-73-54-34(3)37(30-59)55-62-44-25-36(94-4)13-15-48(44)74(55)56(54)76/h5-6,10-15,22-29,31,76H,7-9,16-21H2,1-4H3,(H,79,80,81)(H,82,83,84)(H,85,86,87)(H,88,89,90)(H,91,92,93)(H2,60,61,63,64,65). The van der Waals surface area contributed by atoms with Crippen molar-refractivity contribution in [1.29, 1.82) is 5.26 Å². The van der Waals surface area contributed by atoms with Crippen LogP contribution in [0.25, 0.3) is 16.7 Å². The predicted octanol–water partition coefficient (Wildman–Crippen LogP) is 13.1. The summed E-state index contributed by atoms with van der Waals surface area (Å²) >= 11 is 2.11. The van der Waals surface area contributed by atoms with Crippen LogP contribution >= 0.6 is 23.5 Å². The molecule has 37 nitrogen and oxygen atoms in total. The number of fused-ring (bicyclic) bond motifs is 3. The molecule has 0 amide bonds. The van der Waals surface area contributed by atoms with Gasteiger partial charge in [0, 0.05) is 39.6 Å². The summed E-state index contributed by atoms with van der Waals surface area (Å²) in [6.07, 6.45) is 0.615. The van der Waals surface area contributed by atoms with E-state index in [0.717, 1.165) is 48.1 Å². The highest BCUT2D eigenvalue weighted by Gasteiger charge is 2.25. The first-order valence-electron chi connectivity index (χ1n) is 29.1. The van der Waals surface area contributed by atoms with Crippen molar-refractivity contribution in [1.82, 2.24) is 24.3 Å². The molecule has 9 aromatic rings. The second-order valence-corrected chi connectivity index (χ2v) is 31.2. The van der Waals surface area contributed by atoms with Crippen LogP contribution in [0, 0.1) is 42.2 Å². The number of para-hydroxylation sites is 1. The van der Waals surface area contributed by atoms with E-state index in [-0.39, 0.29) is 121 Å². The molecular weight excluding hydrogens is 1480 g/mol. The van der Waals surface area contributed by atoms with Crippen molar-refractivity contribution in [3.05, 3.63) is 136 Å². The molecule has 0 saturated carbocycles. The molecule has 0 aliphatic rings. The summed E-state index contributed by atoms with van der Waals surface area (Å²) in [7, 11) is -21.7. The van der Waals surface area contributed by atoms with E-state index >= 15 is 0 Å². The molecule has 3 aromatic heterocycles. The van der Waals surface area contributed by atoms with Crippen molar-refractivity contribution < 1.29 is 84.4 Å². The number of pyridine rings is 1. The van der Waals surface area contributed by atoms with Crippen LogP contribution in [-0.2, 0) is 50.6 Å². The van der Waals surface area contributed by atoms with Gasteiger partial charge >= 0.3 is 0 Å². The number of imidazole rings is 1. The summed E-state index contributed by atoms with van der Waals surface area (Å²) in [6, 6.07) is 23.3.